The van der Waals surface area contributed by atoms with E-state index in [1.807, 2.05) is 11.9 Å². The third-order valence-electron chi connectivity index (χ3n) is 1.64. The molecule has 0 aliphatic carbocycles. The van der Waals surface area contributed by atoms with Gasteiger partial charge in [-0.3, -0.25) is 0 Å². The second kappa shape index (κ2) is 5.63. The summed E-state index contributed by atoms with van der Waals surface area (Å²) >= 11 is 1.88. The largest absolute Gasteiger partial charge is 0.396 e. The second-order valence-corrected chi connectivity index (χ2v) is 3.69. The Kier molecular flexibility index (Phi) is 4.66. The zero-order valence-electron chi connectivity index (χ0n) is 6.70. The van der Waals surface area contributed by atoms with Gasteiger partial charge in [-0.05, 0) is 12.8 Å². The van der Waals surface area contributed by atoms with E-state index in [4.69, 9.17) is 5.11 Å². The van der Waals surface area contributed by atoms with Crippen LogP contribution in [-0.4, -0.2) is 34.9 Å². The van der Waals surface area contributed by atoms with Crippen LogP contribution in [0.3, 0.4) is 0 Å². The average molecular weight is 173 g/mol. The lowest BCUT2D eigenvalue weighted by Gasteiger charge is -2.21. The summed E-state index contributed by atoms with van der Waals surface area (Å²) in [5.74, 6) is 1.11. The summed E-state index contributed by atoms with van der Waals surface area (Å²) in [6.07, 6.45) is 6.45. The number of nitrogens with zero attached hydrogens (tertiary/aromatic N) is 1. The molecule has 0 saturated heterocycles. The first-order valence-electron chi connectivity index (χ1n) is 4.07. The van der Waals surface area contributed by atoms with Gasteiger partial charge in [-0.15, -0.1) is 0 Å². The first-order valence-corrected chi connectivity index (χ1v) is 5.01. The molecule has 0 unspecified atom stereocenters. The highest BCUT2D eigenvalue weighted by atomic mass is 32.2. The van der Waals surface area contributed by atoms with Crippen molar-refractivity contribution in [3.63, 3.8) is 0 Å². The summed E-state index contributed by atoms with van der Waals surface area (Å²) in [7, 11) is 0. The summed E-state index contributed by atoms with van der Waals surface area (Å²) in [4.78, 5) is 0. The van der Waals surface area contributed by atoms with E-state index in [1.54, 1.807) is 0 Å². The molecule has 1 rings (SSSR count). The van der Waals surface area contributed by atoms with E-state index in [2.05, 4.69) is 16.5 Å². The third kappa shape index (κ3) is 3.79. The molecule has 0 aromatic carbocycles. The van der Waals surface area contributed by atoms with Gasteiger partial charge in [0.1, 0.15) is 0 Å². The summed E-state index contributed by atoms with van der Waals surface area (Å²) in [5, 5.41) is 8.56. The molecule has 11 heavy (non-hydrogen) atoms. The molecule has 0 bridgehead atoms. The normalized spacial score (nSPS) is 19.0. The minimum Gasteiger partial charge on any atom is -0.396 e. The van der Waals surface area contributed by atoms with Crippen LogP contribution in [0.1, 0.15) is 12.8 Å². The number of hydrogen-bond acceptors (Lipinski definition) is 3. The van der Waals surface area contributed by atoms with Crippen molar-refractivity contribution >= 4 is 11.9 Å². The maximum absolute atomic E-state index is 8.56. The molecule has 1 heterocycles. The molecule has 1 aliphatic heterocycles. The van der Waals surface area contributed by atoms with Gasteiger partial charge in [0.15, 0.2) is 0 Å². The van der Waals surface area contributed by atoms with E-state index >= 15 is 0 Å². The molecule has 3 heteroatoms. The number of aliphatic hydroxyl groups is 1. The Morgan fingerprint density at radius 2 is 2.27 bits per heavy atom. The van der Waals surface area contributed by atoms with Crippen LogP contribution in [0.4, 0.5) is 0 Å². The lowest BCUT2D eigenvalue weighted by molar-refractivity contribution is 0.279. The van der Waals surface area contributed by atoms with E-state index in [-0.39, 0.29) is 0 Å². The fourth-order valence-electron chi connectivity index (χ4n) is 1.02. The van der Waals surface area contributed by atoms with Crippen molar-refractivity contribution in [2.24, 2.45) is 0 Å². The van der Waals surface area contributed by atoms with E-state index < -0.39 is 0 Å². The van der Waals surface area contributed by atoms with Crippen molar-refractivity contribution in [3.8, 4) is 0 Å². The fraction of sp³-hybridized carbons (Fsp3) is 0.750. The third-order valence-corrected chi connectivity index (χ3v) is 2.68. The summed E-state index contributed by atoms with van der Waals surface area (Å²) in [5.41, 5.74) is 0. The molecular formula is C8H15NOS. The maximum atomic E-state index is 8.56. The quantitative estimate of drug-likeness (QED) is 0.393. The Labute approximate surface area is 72.4 Å². The Morgan fingerprint density at radius 3 is 2.91 bits per heavy atom. The minimum atomic E-state index is 0.328. The molecule has 0 spiro atoms. The lowest BCUT2D eigenvalue weighted by atomic mass is 10.3. The van der Waals surface area contributed by atoms with Crippen molar-refractivity contribution in [2.45, 2.75) is 12.8 Å². The van der Waals surface area contributed by atoms with E-state index in [1.165, 1.54) is 0 Å². The van der Waals surface area contributed by atoms with Gasteiger partial charge in [0.2, 0.25) is 0 Å². The fourth-order valence-corrected chi connectivity index (χ4v) is 1.90. The van der Waals surface area contributed by atoms with E-state index in [0.29, 0.717) is 6.61 Å². The Morgan fingerprint density at radius 1 is 1.36 bits per heavy atom. The van der Waals surface area contributed by atoms with Crippen molar-refractivity contribution in [1.82, 2.24) is 4.31 Å². The Bertz CT molecular complexity index is 127. The summed E-state index contributed by atoms with van der Waals surface area (Å²) in [6, 6.07) is 0. The van der Waals surface area contributed by atoms with Gasteiger partial charge >= 0.3 is 0 Å². The topological polar surface area (TPSA) is 23.5 Å². The Balaban J connectivity index is 2.02. The van der Waals surface area contributed by atoms with Gasteiger partial charge in [0.25, 0.3) is 0 Å². The highest BCUT2D eigenvalue weighted by Crippen LogP contribution is 2.14. The molecule has 0 aromatic heterocycles. The second-order valence-electron chi connectivity index (χ2n) is 2.59. The maximum Gasteiger partial charge on any atom is 0.0431 e. The zero-order chi connectivity index (χ0) is 7.94. The molecule has 0 saturated carbocycles. The standard InChI is InChI=1S/C8H15NOS/c10-7-3-1-5-9-6-2-4-8-11-9/h2,4,10H,1,3,5-8H2. The van der Waals surface area contributed by atoms with Crippen LogP contribution in [0.25, 0.3) is 0 Å². The molecule has 0 radical (unpaired) electrons. The lowest BCUT2D eigenvalue weighted by Crippen LogP contribution is -2.20. The predicted octanol–water partition coefficient (Wildman–Crippen LogP) is 1.28. The number of aliphatic hydroxyl groups excluding tert-OH is 1. The monoisotopic (exact) mass is 173 g/mol. The molecule has 64 valence electrons. The van der Waals surface area contributed by atoms with Crippen molar-refractivity contribution in [1.29, 1.82) is 0 Å². The average Bonchev–Trinajstić information content (AvgIpc) is 2.07. The van der Waals surface area contributed by atoms with Crippen molar-refractivity contribution < 1.29 is 5.11 Å². The van der Waals surface area contributed by atoms with Crippen molar-refractivity contribution in [2.75, 3.05) is 25.4 Å². The van der Waals surface area contributed by atoms with Crippen LogP contribution in [0.2, 0.25) is 0 Å². The highest BCUT2D eigenvalue weighted by Gasteiger charge is 2.04. The predicted molar refractivity (Wildman–Crippen MR) is 49.5 cm³/mol. The van der Waals surface area contributed by atoms with Gasteiger partial charge in [0, 0.05) is 25.4 Å². The molecule has 1 N–H and O–H groups in total. The van der Waals surface area contributed by atoms with Crippen LogP contribution >= 0.6 is 11.9 Å². The molecule has 0 atom stereocenters. The SMILES string of the molecule is OCCCCN1CC=CCS1. The van der Waals surface area contributed by atoms with Crippen LogP contribution in [0, 0.1) is 0 Å². The van der Waals surface area contributed by atoms with Crippen LogP contribution in [0.5, 0.6) is 0 Å². The summed E-state index contributed by atoms with van der Waals surface area (Å²) < 4.78 is 2.34. The molecule has 2 nitrogen and oxygen atoms in total. The summed E-state index contributed by atoms with van der Waals surface area (Å²) in [6.45, 7) is 2.50. The van der Waals surface area contributed by atoms with Crippen LogP contribution in [0.15, 0.2) is 12.2 Å². The highest BCUT2D eigenvalue weighted by molar-refractivity contribution is 7.97. The smallest absolute Gasteiger partial charge is 0.0431 e. The van der Waals surface area contributed by atoms with Gasteiger partial charge in [0.05, 0.1) is 0 Å². The van der Waals surface area contributed by atoms with E-state index in [0.717, 1.165) is 31.7 Å². The van der Waals surface area contributed by atoms with Gasteiger partial charge in [-0.25, -0.2) is 4.31 Å². The van der Waals surface area contributed by atoms with Crippen LogP contribution in [-0.2, 0) is 0 Å². The molecule has 1 aliphatic rings. The van der Waals surface area contributed by atoms with Gasteiger partial charge < -0.3 is 5.11 Å². The number of unbranched alkanes of at least 4 members (excludes halogenated alkanes) is 1. The van der Waals surface area contributed by atoms with Crippen molar-refractivity contribution in [3.05, 3.63) is 12.2 Å². The van der Waals surface area contributed by atoms with Gasteiger partial charge in [-0.1, -0.05) is 24.1 Å². The number of hydrogen-bond donors (Lipinski definition) is 1. The van der Waals surface area contributed by atoms with E-state index in [9.17, 15) is 0 Å². The van der Waals surface area contributed by atoms with Gasteiger partial charge in [-0.2, -0.15) is 0 Å². The molecular weight excluding hydrogens is 158 g/mol. The first kappa shape index (κ1) is 9.10. The molecule has 0 amide bonds. The molecule has 0 aromatic rings. The zero-order valence-corrected chi connectivity index (χ0v) is 7.52. The minimum absolute atomic E-state index is 0.328. The Hall–Kier alpha value is 0.01000. The first-order chi connectivity index (χ1) is 5.43. The number of rotatable bonds is 4. The van der Waals surface area contributed by atoms with Crippen LogP contribution < -0.4 is 0 Å². The molecule has 0 fully saturated rings.